The highest BCUT2D eigenvalue weighted by atomic mass is 32.1. The number of thiophene rings is 1. The van der Waals surface area contributed by atoms with Gasteiger partial charge in [0.25, 0.3) is 0 Å². The van der Waals surface area contributed by atoms with Crippen LogP contribution in [0, 0.1) is 0 Å². The fourth-order valence-corrected chi connectivity index (χ4v) is 4.94. The molecule has 0 radical (unpaired) electrons. The number of piperidine rings is 1. The summed E-state index contributed by atoms with van der Waals surface area (Å²) in [4.78, 5) is 17.1. The molecule has 1 aliphatic heterocycles. The van der Waals surface area contributed by atoms with Gasteiger partial charge in [0, 0.05) is 13.1 Å². The van der Waals surface area contributed by atoms with Crippen molar-refractivity contribution in [1.29, 1.82) is 0 Å². The molecule has 2 heterocycles. The van der Waals surface area contributed by atoms with Gasteiger partial charge in [0.2, 0.25) is 0 Å². The molecule has 4 nitrogen and oxygen atoms in total. The molecule has 0 aliphatic carbocycles. The second-order valence-electron chi connectivity index (χ2n) is 8.08. The van der Waals surface area contributed by atoms with Gasteiger partial charge in [-0.25, -0.2) is 4.79 Å². The molecule has 1 unspecified atom stereocenters. The molecular formula is C24H29N3OS. The van der Waals surface area contributed by atoms with E-state index >= 15 is 0 Å². The second-order valence-corrected chi connectivity index (χ2v) is 8.86. The van der Waals surface area contributed by atoms with E-state index in [1.807, 2.05) is 11.9 Å². The highest BCUT2D eigenvalue weighted by Crippen LogP contribution is 2.34. The maximum atomic E-state index is 12.9. The Hall–Kier alpha value is -2.37. The molecule has 1 fully saturated rings. The number of hydrogen-bond donors (Lipinski definition) is 1. The summed E-state index contributed by atoms with van der Waals surface area (Å²) in [6, 6.07) is 15.3. The highest BCUT2D eigenvalue weighted by molar-refractivity contribution is 7.08. The second kappa shape index (κ2) is 8.56. The largest absolute Gasteiger partial charge is 0.331 e. The molecule has 2 amide bonds. The zero-order valence-corrected chi connectivity index (χ0v) is 18.2. The Morgan fingerprint density at radius 1 is 1.14 bits per heavy atom. The minimum Gasteiger partial charge on any atom is -0.331 e. The van der Waals surface area contributed by atoms with Crippen LogP contribution in [0.2, 0.25) is 0 Å². The zero-order valence-electron chi connectivity index (χ0n) is 17.4. The van der Waals surface area contributed by atoms with Crippen LogP contribution in [0.15, 0.2) is 53.2 Å². The maximum absolute atomic E-state index is 12.9. The van der Waals surface area contributed by atoms with Gasteiger partial charge in [-0.2, -0.15) is 11.3 Å². The molecular weight excluding hydrogens is 378 g/mol. The molecule has 1 aromatic heterocycles. The van der Waals surface area contributed by atoms with E-state index in [4.69, 9.17) is 0 Å². The van der Waals surface area contributed by atoms with E-state index < -0.39 is 0 Å². The number of amides is 2. The van der Waals surface area contributed by atoms with Crippen LogP contribution in [0.1, 0.15) is 31.4 Å². The molecule has 1 atom stereocenters. The summed E-state index contributed by atoms with van der Waals surface area (Å²) in [6.45, 7) is 4.17. The van der Waals surface area contributed by atoms with Gasteiger partial charge < -0.3 is 15.1 Å². The molecule has 2 aromatic carbocycles. The van der Waals surface area contributed by atoms with Crippen molar-refractivity contribution >= 4 is 28.1 Å². The van der Waals surface area contributed by atoms with E-state index in [1.54, 1.807) is 11.3 Å². The normalized spacial score (nSPS) is 16.7. The summed E-state index contributed by atoms with van der Waals surface area (Å²) >= 11 is 1.71. The molecule has 0 saturated carbocycles. The van der Waals surface area contributed by atoms with E-state index in [-0.39, 0.29) is 12.1 Å². The van der Waals surface area contributed by atoms with Gasteiger partial charge in [0.05, 0.1) is 6.04 Å². The molecule has 4 rings (SSSR count). The predicted molar refractivity (Wildman–Crippen MR) is 122 cm³/mol. The lowest BCUT2D eigenvalue weighted by Crippen LogP contribution is -2.48. The monoisotopic (exact) mass is 407 g/mol. The number of hydrogen-bond acceptors (Lipinski definition) is 3. The van der Waals surface area contributed by atoms with Crippen LogP contribution in [0.5, 0.6) is 0 Å². The van der Waals surface area contributed by atoms with Crippen LogP contribution in [0.3, 0.4) is 0 Å². The van der Waals surface area contributed by atoms with E-state index in [2.05, 4.69) is 77.4 Å². The first kappa shape index (κ1) is 19.9. The highest BCUT2D eigenvalue weighted by Gasteiger charge is 2.25. The summed E-state index contributed by atoms with van der Waals surface area (Å²) in [7, 11) is 4.07. The first-order valence-corrected chi connectivity index (χ1v) is 11.2. The van der Waals surface area contributed by atoms with Crippen molar-refractivity contribution in [3.8, 4) is 11.1 Å². The Balaban J connectivity index is 1.55. The van der Waals surface area contributed by atoms with Crippen LogP contribution in [0.4, 0.5) is 4.79 Å². The topological polar surface area (TPSA) is 35.6 Å². The Kier molecular flexibility index (Phi) is 5.88. The summed E-state index contributed by atoms with van der Waals surface area (Å²) in [5.74, 6) is 0. The van der Waals surface area contributed by atoms with E-state index in [0.717, 1.165) is 31.5 Å². The SMILES string of the molecule is CC(NC(=O)N(C)C1CCN(C)CC1)c1ccc(-c2ccsc2)c2ccccc12. The Labute approximate surface area is 177 Å². The number of carbonyl (C=O) groups excluding carboxylic acids is 1. The molecule has 1 aliphatic rings. The molecule has 1 N–H and O–H groups in total. The van der Waals surface area contributed by atoms with Crippen molar-refractivity contribution in [2.24, 2.45) is 0 Å². The van der Waals surface area contributed by atoms with Crippen LogP contribution in [-0.2, 0) is 0 Å². The molecule has 152 valence electrons. The van der Waals surface area contributed by atoms with Crippen LogP contribution in [-0.4, -0.2) is 49.1 Å². The number of benzene rings is 2. The first-order chi connectivity index (χ1) is 14.0. The first-order valence-electron chi connectivity index (χ1n) is 10.3. The standard InChI is InChI=1S/C24H29N3OS/c1-17(25-24(28)27(3)19-10-13-26(2)14-11-19)20-8-9-21(18-12-15-29-16-18)23-7-5-4-6-22(20)23/h4-9,12,15-17,19H,10-11,13-14H2,1-3H3,(H,25,28). The quantitative estimate of drug-likeness (QED) is 0.631. The van der Waals surface area contributed by atoms with Crippen molar-refractivity contribution in [1.82, 2.24) is 15.1 Å². The van der Waals surface area contributed by atoms with Gasteiger partial charge in [-0.05, 0) is 84.2 Å². The smallest absolute Gasteiger partial charge is 0.317 e. The van der Waals surface area contributed by atoms with Crippen LogP contribution in [0.25, 0.3) is 21.9 Å². The molecule has 0 bridgehead atoms. The maximum Gasteiger partial charge on any atom is 0.317 e. The van der Waals surface area contributed by atoms with E-state index in [0.29, 0.717) is 6.04 Å². The number of carbonyl (C=O) groups is 1. The fraction of sp³-hybridized carbons (Fsp3) is 0.375. The minimum absolute atomic E-state index is 0.0121. The number of nitrogens with one attached hydrogen (secondary N) is 1. The van der Waals surface area contributed by atoms with Crippen molar-refractivity contribution in [3.05, 3.63) is 58.8 Å². The van der Waals surface area contributed by atoms with Gasteiger partial charge >= 0.3 is 6.03 Å². The molecule has 5 heteroatoms. The van der Waals surface area contributed by atoms with Gasteiger partial charge in [0.15, 0.2) is 0 Å². The van der Waals surface area contributed by atoms with Crippen LogP contribution < -0.4 is 5.32 Å². The third-order valence-corrected chi connectivity index (χ3v) is 6.84. The Morgan fingerprint density at radius 2 is 1.86 bits per heavy atom. The third kappa shape index (κ3) is 4.16. The average Bonchev–Trinajstić information content (AvgIpc) is 3.27. The number of fused-ring (bicyclic) bond motifs is 1. The minimum atomic E-state index is -0.0577. The van der Waals surface area contributed by atoms with E-state index in [1.165, 1.54) is 21.9 Å². The van der Waals surface area contributed by atoms with Gasteiger partial charge in [-0.3, -0.25) is 0 Å². The third-order valence-electron chi connectivity index (χ3n) is 6.15. The van der Waals surface area contributed by atoms with Crippen LogP contribution >= 0.6 is 11.3 Å². The Bertz CT molecular complexity index is 977. The lowest BCUT2D eigenvalue weighted by Gasteiger charge is -2.35. The van der Waals surface area contributed by atoms with Gasteiger partial charge in [0.1, 0.15) is 0 Å². The summed E-state index contributed by atoms with van der Waals surface area (Å²) < 4.78 is 0. The molecule has 1 saturated heterocycles. The number of rotatable bonds is 4. The van der Waals surface area contributed by atoms with Crippen molar-refractivity contribution in [3.63, 3.8) is 0 Å². The lowest BCUT2D eigenvalue weighted by atomic mass is 9.93. The molecule has 0 spiro atoms. The van der Waals surface area contributed by atoms with Crippen molar-refractivity contribution < 1.29 is 4.79 Å². The summed E-state index contributed by atoms with van der Waals surface area (Å²) in [5.41, 5.74) is 3.65. The summed E-state index contributed by atoms with van der Waals surface area (Å²) in [5, 5.41) is 9.95. The summed E-state index contributed by atoms with van der Waals surface area (Å²) in [6.07, 6.45) is 2.07. The fourth-order valence-electron chi connectivity index (χ4n) is 4.28. The number of nitrogens with zero attached hydrogens (tertiary/aromatic N) is 2. The number of likely N-dealkylation sites (tertiary alicyclic amines) is 1. The zero-order chi connectivity index (χ0) is 20.4. The molecule has 29 heavy (non-hydrogen) atoms. The lowest BCUT2D eigenvalue weighted by molar-refractivity contribution is 0.146. The van der Waals surface area contributed by atoms with Crippen molar-refractivity contribution in [2.75, 3.05) is 27.2 Å². The van der Waals surface area contributed by atoms with Crippen molar-refractivity contribution in [2.45, 2.75) is 31.8 Å². The van der Waals surface area contributed by atoms with Gasteiger partial charge in [-0.1, -0.05) is 36.4 Å². The number of urea groups is 1. The van der Waals surface area contributed by atoms with E-state index in [9.17, 15) is 4.79 Å². The molecule has 3 aromatic rings. The Morgan fingerprint density at radius 3 is 2.55 bits per heavy atom. The average molecular weight is 408 g/mol. The van der Waals surface area contributed by atoms with Gasteiger partial charge in [-0.15, -0.1) is 0 Å². The predicted octanol–water partition coefficient (Wildman–Crippen LogP) is 5.36.